The van der Waals surface area contributed by atoms with E-state index in [1.54, 1.807) is 6.92 Å². The highest BCUT2D eigenvalue weighted by atomic mass is 79.9. The number of aryl methyl sites for hydroxylation is 1. The van der Waals surface area contributed by atoms with Crippen LogP contribution in [0.15, 0.2) is 17.1 Å². The van der Waals surface area contributed by atoms with Gasteiger partial charge < -0.3 is 10.3 Å². The van der Waals surface area contributed by atoms with Crippen LogP contribution in [0, 0.1) is 6.92 Å². The number of aromatic nitrogens is 1. The second-order valence-electron chi connectivity index (χ2n) is 4.42. The highest BCUT2D eigenvalue weighted by Crippen LogP contribution is 2.25. The number of pyridine rings is 1. The number of H-pyrrole nitrogens is 1. The van der Waals surface area contributed by atoms with Gasteiger partial charge in [-0.2, -0.15) is 0 Å². The third kappa shape index (κ3) is 2.77. The fraction of sp³-hybridized carbons (Fsp3) is 0.500. The predicted molar refractivity (Wildman–Crippen MR) is 69.6 cm³/mol. The molecular weight excluding hydrogens is 284 g/mol. The molecule has 1 aromatic heterocycles. The van der Waals surface area contributed by atoms with Gasteiger partial charge in [-0.1, -0.05) is 22.4 Å². The Morgan fingerprint density at radius 1 is 1.53 bits per heavy atom. The Labute approximate surface area is 108 Å². The van der Waals surface area contributed by atoms with E-state index in [0.29, 0.717) is 4.83 Å². The van der Waals surface area contributed by atoms with Gasteiger partial charge in [0.05, 0.1) is 0 Å². The largest absolute Gasteiger partial charge is 0.364 e. The second-order valence-corrected chi connectivity index (χ2v) is 5.60. The number of alkyl halides is 1. The molecule has 1 aliphatic rings. The Morgan fingerprint density at radius 2 is 2.29 bits per heavy atom. The number of hydrogen-bond acceptors (Lipinski definition) is 2. The van der Waals surface area contributed by atoms with Crippen LogP contribution in [0.25, 0.3) is 0 Å². The molecule has 0 aliphatic heterocycles. The molecule has 2 atom stereocenters. The van der Waals surface area contributed by atoms with Crippen molar-refractivity contribution in [2.45, 2.75) is 37.1 Å². The van der Waals surface area contributed by atoms with E-state index in [1.807, 2.05) is 0 Å². The van der Waals surface area contributed by atoms with Crippen LogP contribution >= 0.6 is 15.9 Å². The first kappa shape index (κ1) is 12.4. The summed E-state index contributed by atoms with van der Waals surface area (Å²) in [6.45, 7) is 1.79. The van der Waals surface area contributed by atoms with Gasteiger partial charge in [-0.05, 0) is 19.8 Å². The summed E-state index contributed by atoms with van der Waals surface area (Å²) in [5.74, 6) is -0.289. The maximum absolute atomic E-state index is 11.9. The molecule has 1 aliphatic carbocycles. The predicted octanol–water partition coefficient (Wildman–Crippen LogP) is 1.73. The molecule has 0 spiro atoms. The van der Waals surface area contributed by atoms with Crippen molar-refractivity contribution in [1.82, 2.24) is 10.3 Å². The van der Waals surface area contributed by atoms with Crippen molar-refractivity contribution in [2.24, 2.45) is 0 Å². The number of hydrogen-bond donors (Lipinski definition) is 2. The first-order chi connectivity index (χ1) is 8.08. The van der Waals surface area contributed by atoms with Gasteiger partial charge in [0.15, 0.2) is 5.43 Å². The Bertz CT molecular complexity index is 484. The topological polar surface area (TPSA) is 62.0 Å². The lowest BCUT2D eigenvalue weighted by Crippen LogP contribution is -2.39. The van der Waals surface area contributed by atoms with Crippen LogP contribution in [0.5, 0.6) is 0 Å². The van der Waals surface area contributed by atoms with Crippen molar-refractivity contribution in [3.05, 3.63) is 33.7 Å². The van der Waals surface area contributed by atoms with Crippen molar-refractivity contribution >= 4 is 21.8 Å². The lowest BCUT2D eigenvalue weighted by molar-refractivity contribution is 0.0937. The zero-order valence-corrected chi connectivity index (χ0v) is 11.2. The summed E-state index contributed by atoms with van der Waals surface area (Å²) in [6, 6.07) is 1.57. The van der Waals surface area contributed by atoms with Crippen LogP contribution in [0.2, 0.25) is 0 Å². The van der Waals surface area contributed by atoms with Crippen molar-refractivity contribution in [3.8, 4) is 0 Å². The van der Waals surface area contributed by atoms with E-state index in [2.05, 4.69) is 26.2 Å². The molecule has 0 aromatic carbocycles. The van der Waals surface area contributed by atoms with Crippen LogP contribution in [0.1, 0.15) is 35.3 Å². The van der Waals surface area contributed by atoms with E-state index >= 15 is 0 Å². The van der Waals surface area contributed by atoms with E-state index in [0.717, 1.165) is 25.0 Å². The number of halogens is 1. The summed E-state index contributed by atoms with van der Waals surface area (Å²) < 4.78 is 0. The molecule has 17 heavy (non-hydrogen) atoms. The number of carbonyl (C=O) groups excluding carboxylic acids is 1. The Kier molecular flexibility index (Phi) is 3.66. The van der Waals surface area contributed by atoms with Crippen LogP contribution < -0.4 is 10.7 Å². The summed E-state index contributed by atoms with van der Waals surface area (Å²) in [5.41, 5.74) is 0.704. The van der Waals surface area contributed by atoms with Gasteiger partial charge in [0, 0.05) is 28.8 Å². The molecule has 5 heteroatoms. The maximum atomic E-state index is 11.9. The van der Waals surface area contributed by atoms with Gasteiger partial charge in [-0.15, -0.1) is 0 Å². The monoisotopic (exact) mass is 298 g/mol. The van der Waals surface area contributed by atoms with Gasteiger partial charge >= 0.3 is 0 Å². The third-order valence-corrected chi connectivity index (χ3v) is 4.15. The summed E-state index contributed by atoms with van der Waals surface area (Å²) in [7, 11) is 0. The van der Waals surface area contributed by atoms with Crippen LogP contribution in [-0.2, 0) is 0 Å². The van der Waals surface area contributed by atoms with Gasteiger partial charge in [0.2, 0.25) is 0 Å². The molecule has 0 bridgehead atoms. The molecule has 2 rings (SSSR count). The SMILES string of the molecule is Cc1cc(=O)c(C(=O)NC2CCCC2Br)c[nH]1. The van der Waals surface area contributed by atoms with Crippen molar-refractivity contribution in [2.75, 3.05) is 0 Å². The standard InChI is InChI=1S/C12H15BrN2O2/c1-7-5-11(16)8(6-14-7)12(17)15-10-4-2-3-9(10)13/h5-6,9-10H,2-4H2,1H3,(H,14,16)(H,15,17). The highest BCUT2D eigenvalue weighted by molar-refractivity contribution is 9.09. The fourth-order valence-electron chi connectivity index (χ4n) is 2.07. The average molecular weight is 299 g/mol. The van der Waals surface area contributed by atoms with Crippen LogP contribution in [-0.4, -0.2) is 21.8 Å². The molecule has 1 amide bonds. The van der Waals surface area contributed by atoms with Crippen LogP contribution in [0.3, 0.4) is 0 Å². The number of rotatable bonds is 2. The number of nitrogens with one attached hydrogen (secondary N) is 2. The molecular formula is C12H15BrN2O2. The molecule has 1 aromatic rings. The quantitative estimate of drug-likeness (QED) is 0.817. The smallest absolute Gasteiger partial charge is 0.256 e. The third-order valence-electron chi connectivity index (χ3n) is 3.05. The van der Waals surface area contributed by atoms with Gasteiger partial charge in [0.1, 0.15) is 5.56 Å². The lowest BCUT2D eigenvalue weighted by Gasteiger charge is -2.15. The fourth-order valence-corrected chi connectivity index (χ4v) is 2.79. The maximum Gasteiger partial charge on any atom is 0.256 e. The minimum absolute atomic E-state index is 0.128. The lowest BCUT2D eigenvalue weighted by atomic mass is 10.2. The summed E-state index contributed by atoms with van der Waals surface area (Å²) in [5, 5.41) is 2.90. The molecule has 2 N–H and O–H groups in total. The normalized spacial score (nSPS) is 23.6. The molecule has 2 unspecified atom stereocenters. The molecule has 1 heterocycles. The number of amides is 1. The highest BCUT2D eigenvalue weighted by Gasteiger charge is 2.27. The Hall–Kier alpha value is -1.10. The van der Waals surface area contributed by atoms with Crippen LogP contribution in [0.4, 0.5) is 0 Å². The van der Waals surface area contributed by atoms with Crippen molar-refractivity contribution in [3.63, 3.8) is 0 Å². The first-order valence-corrected chi connectivity index (χ1v) is 6.64. The van der Waals surface area contributed by atoms with E-state index in [4.69, 9.17) is 0 Å². The van der Waals surface area contributed by atoms with E-state index in [-0.39, 0.29) is 22.9 Å². The van der Waals surface area contributed by atoms with E-state index in [9.17, 15) is 9.59 Å². The van der Waals surface area contributed by atoms with E-state index < -0.39 is 0 Å². The molecule has 0 radical (unpaired) electrons. The van der Waals surface area contributed by atoms with Gasteiger partial charge in [0.25, 0.3) is 5.91 Å². The summed E-state index contributed by atoms with van der Waals surface area (Å²) in [6.07, 6.45) is 4.61. The van der Waals surface area contributed by atoms with Crippen molar-refractivity contribution in [1.29, 1.82) is 0 Å². The van der Waals surface area contributed by atoms with Gasteiger partial charge in [-0.3, -0.25) is 9.59 Å². The summed E-state index contributed by atoms with van der Waals surface area (Å²) >= 11 is 3.54. The number of aromatic amines is 1. The average Bonchev–Trinajstić information content (AvgIpc) is 2.64. The second kappa shape index (κ2) is 5.04. The zero-order chi connectivity index (χ0) is 12.4. The zero-order valence-electron chi connectivity index (χ0n) is 9.63. The summed E-state index contributed by atoms with van der Waals surface area (Å²) in [4.78, 5) is 26.8. The van der Waals surface area contributed by atoms with Crippen molar-refractivity contribution < 1.29 is 4.79 Å². The molecule has 1 saturated carbocycles. The van der Waals surface area contributed by atoms with Gasteiger partial charge in [-0.25, -0.2) is 0 Å². The Morgan fingerprint density at radius 3 is 2.88 bits per heavy atom. The minimum Gasteiger partial charge on any atom is -0.364 e. The molecule has 1 fully saturated rings. The molecule has 0 saturated heterocycles. The van der Waals surface area contributed by atoms with E-state index in [1.165, 1.54) is 12.3 Å². The Balaban J connectivity index is 2.12. The molecule has 92 valence electrons. The first-order valence-electron chi connectivity index (χ1n) is 5.72. The minimum atomic E-state index is -0.289. The number of carbonyl (C=O) groups is 1. The molecule has 4 nitrogen and oxygen atoms in total.